The van der Waals surface area contributed by atoms with Gasteiger partial charge in [0.2, 0.25) is 5.91 Å². The smallest absolute Gasteiger partial charge is 0.312 e. The number of rotatable bonds is 7. The molecule has 7 nitrogen and oxygen atoms in total. The molecular formula is C23H26N2O5. The summed E-state index contributed by atoms with van der Waals surface area (Å²) in [4.78, 5) is 39.2. The summed E-state index contributed by atoms with van der Waals surface area (Å²) in [6, 6.07) is 16.5. The van der Waals surface area contributed by atoms with Gasteiger partial charge in [-0.2, -0.15) is 0 Å². The summed E-state index contributed by atoms with van der Waals surface area (Å²) in [5.41, 5.74) is 1.50. The fraction of sp³-hybridized carbons (Fsp3) is 0.348. The van der Waals surface area contributed by atoms with Gasteiger partial charge in [0.05, 0.1) is 24.8 Å². The third-order valence-electron chi connectivity index (χ3n) is 5.27. The van der Waals surface area contributed by atoms with E-state index in [1.54, 1.807) is 29.2 Å². The number of methoxy groups -OCH3 is 1. The molecule has 2 aromatic carbocycles. The number of hydrogen-bond acceptors (Lipinski definition) is 5. The maximum Gasteiger partial charge on any atom is 0.312 e. The van der Waals surface area contributed by atoms with Crippen LogP contribution in [0.25, 0.3) is 0 Å². The van der Waals surface area contributed by atoms with E-state index in [0.29, 0.717) is 11.4 Å². The predicted molar refractivity (Wildman–Crippen MR) is 112 cm³/mol. The van der Waals surface area contributed by atoms with Gasteiger partial charge in [-0.25, -0.2) is 0 Å². The average molecular weight is 410 g/mol. The Morgan fingerprint density at radius 1 is 1.07 bits per heavy atom. The number of carbonyl (C=O) groups excluding carboxylic acids is 3. The van der Waals surface area contributed by atoms with Crippen LogP contribution in [-0.2, 0) is 19.1 Å². The molecule has 3 atom stereocenters. The van der Waals surface area contributed by atoms with Crippen molar-refractivity contribution in [3.8, 4) is 5.75 Å². The Hall–Kier alpha value is -3.35. The second-order valence-electron chi connectivity index (χ2n) is 7.30. The molecule has 1 saturated heterocycles. The lowest BCUT2D eigenvalue weighted by molar-refractivity contribution is -0.157. The number of anilines is 1. The van der Waals surface area contributed by atoms with Gasteiger partial charge in [-0.15, -0.1) is 0 Å². The van der Waals surface area contributed by atoms with Crippen LogP contribution in [0, 0.1) is 5.92 Å². The topological polar surface area (TPSA) is 84.9 Å². The Bertz CT molecular complexity index is 915. The second kappa shape index (κ2) is 9.43. The molecular weight excluding hydrogens is 384 g/mol. The van der Waals surface area contributed by atoms with Gasteiger partial charge in [-0.05, 0) is 31.5 Å². The molecule has 7 heteroatoms. The number of esters is 1. The molecule has 30 heavy (non-hydrogen) atoms. The largest absolute Gasteiger partial charge is 0.495 e. The first kappa shape index (κ1) is 21.4. The minimum absolute atomic E-state index is 0.0802. The predicted octanol–water partition coefficient (Wildman–Crippen LogP) is 3.18. The lowest BCUT2D eigenvalue weighted by Crippen LogP contribution is -2.34. The van der Waals surface area contributed by atoms with Crippen molar-refractivity contribution in [2.75, 3.05) is 19.0 Å². The first-order valence-electron chi connectivity index (χ1n) is 9.89. The van der Waals surface area contributed by atoms with E-state index in [1.165, 1.54) is 14.0 Å². The Morgan fingerprint density at radius 3 is 2.43 bits per heavy atom. The zero-order valence-electron chi connectivity index (χ0n) is 17.3. The third-order valence-corrected chi connectivity index (χ3v) is 5.27. The number of para-hydroxylation sites is 2. The number of ether oxygens (including phenoxy) is 2. The van der Waals surface area contributed by atoms with E-state index in [4.69, 9.17) is 9.47 Å². The fourth-order valence-electron chi connectivity index (χ4n) is 3.48. The Morgan fingerprint density at radius 2 is 1.73 bits per heavy atom. The summed E-state index contributed by atoms with van der Waals surface area (Å²) in [5, 5.41) is 2.70. The first-order chi connectivity index (χ1) is 14.4. The number of amides is 2. The lowest BCUT2D eigenvalue weighted by atomic mass is 10.1. The third kappa shape index (κ3) is 4.79. The molecule has 1 fully saturated rings. The number of hydrogen-bond donors (Lipinski definition) is 1. The van der Waals surface area contributed by atoms with E-state index in [-0.39, 0.29) is 24.9 Å². The highest BCUT2D eigenvalue weighted by Gasteiger charge is 2.38. The number of nitrogens with one attached hydrogen (secondary N) is 1. The monoisotopic (exact) mass is 410 g/mol. The van der Waals surface area contributed by atoms with E-state index < -0.39 is 23.9 Å². The van der Waals surface area contributed by atoms with E-state index in [9.17, 15) is 14.4 Å². The molecule has 1 heterocycles. The van der Waals surface area contributed by atoms with Crippen LogP contribution in [0.5, 0.6) is 5.75 Å². The fourth-order valence-corrected chi connectivity index (χ4v) is 3.48. The normalized spacial score (nSPS) is 17.9. The molecule has 0 radical (unpaired) electrons. The van der Waals surface area contributed by atoms with Gasteiger partial charge in [-0.3, -0.25) is 14.4 Å². The highest BCUT2D eigenvalue weighted by Crippen LogP contribution is 2.29. The van der Waals surface area contributed by atoms with Crippen LogP contribution in [0.1, 0.15) is 31.9 Å². The van der Waals surface area contributed by atoms with Crippen molar-refractivity contribution in [3.05, 3.63) is 60.2 Å². The molecule has 0 aromatic heterocycles. The van der Waals surface area contributed by atoms with Crippen molar-refractivity contribution in [2.45, 2.75) is 32.4 Å². The van der Waals surface area contributed by atoms with E-state index >= 15 is 0 Å². The quantitative estimate of drug-likeness (QED) is 0.709. The summed E-state index contributed by atoms with van der Waals surface area (Å²) in [6.45, 7) is 3.71. The molecule has 2 amide bonds. The van der Waals surface area contributed by atoms with Crippen LogP contribution < -0.4 is 10.1 Å². The zero-order valence-corrected chi connectivity index (χ0v) is 17.3. The molecule has 0 unspecified atom stereocenters. The summed E-state index contributed by atoms with van der Waals surface area (Å²) in [6.07, 6.45) is -0.922. The van der Waals surface area contributed by atoms with Crippen LogP contribution in [-0.4, -0.2) is 42.4 Å². The van der Waals surface area contributed by atoms with Crippen molar-refractivity contribution in [1.82, 2.24) is 4.90 Å². The SMILES string of the molecule is COc1ccccc1NC(=O)[C@H](C)OC(=O)[C@H]1CC(=O)N([C@@H](C)c2ccccc2)C1. The number of nitrogens with zero attached hydrogens (tertiary/aromatic N) is 1. The van der Waals surface area contributed by atoms with Crippen molar-refractivity contribution in [3.63, 3.8) is 0 Å². The van der Waals surface area contributed by atoms with Crippen LogP contribution in [0.15, 0.2) is 54.6 Å². The Labute approximate surface area is 176 Å². The molecule has 3 rings (SSSR count). The molecule has 0 aliphatic carbocycles. The van der Waals surface area contributed by atoms with Gasteiger partial charge < -0.3 is 19.7 Å². The lowest BCUT2D eigenvalue weighted by Gasteiger charge is -2.25. The molecule has 2 aromatic rings. The van der Waals surface area contributed by atoms with E-state index in [2.05, 4.69) is 5.32 Å². The number of carbonyl (C=O) groups is 3. The van der Waals surface area contributed by atoms with E-state index in [1.807, 2.05) is 37.3 Å². The first-order valence-corrected chi connectivity index (χ1v) is 9.89. The molecule has 0 spiro atoms. The second-order valence-corrected chi connectivity index (χ2v) is 7.30. The van der Waals surface area contributed by atoms with Crippen LogP contribution >= 0.6 is 0 Å². The molecule has 1 aliphatic rings. The minimum atomic E-state index is -1.00. The van der Waals surface area contributed by atoms with Crippen molar-refractivity contribution < 1.29 is 23.9 Å². The highest BCUT2D eigenvalue weighted by atomic mass is 16.5. The van der Waals surface area contributed by atoms with Crippen LogP contribution in [0.3, 0.4) is 0 Å². The molecule has 0 saturated carbocycles. The van der Waals surface area contributed by atoms with Crippen molar-refractivity contribution >= 4 is 23.5 Å². The average Bonchev–Trinajstić information content (AvgIpc) is 3.15. The van der Waals surface area contributed by atoms with Crippen molar-refractivity contribution in [2.24, 2.45) is 5.92 Å². The Balaban J connectivity index is 1.58. The van der Waals surface area contributed by atoms with Gasteiger partial charge in [0.1, 0.15) is 5.75 Å². The number of likely N-dealkylation sites (tertiary alicyclic amines) is 1. The molecule has 1 N–H and O–H groups in total. The highest BCUT2D eigenvalue weighted by molar-refractivity contribution is 5.96. The maximum absolute atomic E-state index is 12.6. The van der Waals surface area contributed by atoms with E-state index in [0.717, 1.165) is 5.56 Å². The molecule has 158 valence electrons. The zero-order chi connectivity index (χ0) is 21.7. The van der Waals surface area contributed by atoms with Gasteiger partial charge in [-0.1, -0.05) is 42.5 Å². The minimum Gasteiger partial charge on any atom is -0.495 e. The molecule has 1 aliphatic heterocycles. The van der Waals surface area contributed by atoms with Crippen LogP contribution in [0.4, 0.5) is 5.69 Å². The van der Waals surface area contributed by atoms with Gasteiger partial charge >= 0.3 is 5.97 Å². The Kier molecular flexibility index (Phi) is 6.72. The maximum atomic E-state index is 12.6. The summed E-state index contributed by atoms with van der Waals surface area (Å²) in [7, 11) is 1.51. The number of benzene rings is 2. The van der Waals surface area contributed by atoms with Gasteiger partial charge in [0, 0.05) is 13.0 Å². The molecule has 0 bridgehead atoms. The standard InChI is InChI=1S/C23H26N2O5/c1-15(17-9-5-4-6-10-17)25-14-18(13-21(25)26)23(28)30-16(2)22(27)24-19-11-7-8-12-20(19)29-3/h4-12,15-16,18H,13-14H2,1-3H3,(H,24,27)/t15-,16-,18-/m0/s1. The van der Waals surface area contributed by atoms with Crippen LogP contribution in [0.2, 0.25) is 0 Å². The van der Waals surface area contributed by atoms with Gasteiger partial charge in [0.25, 0.3) is 5.91 Å². The summed E-state index contributed by atoms with van der Waals surface area (Å²) in [5.74, 6) is -1.19. The summed E-state index contributed by atoms with van der Waals surface area (Å²) >= 11 is 0. The summed E-state index contributed by atoms with van der Waals surface area (Å²) < 4.78 is 10.6. The van der Waals surface area contributed by atoms with Crippen molar-refractivity contribution in [1.29, 1.82) is 0 Å². The van der Waals surface area contributed by atoms with Gasteiger partial charge in [0.15, 0.2) is 6.10 Å².